The molecule has 1 aromatic carbocycles. The number of amides is 2. The van der Waals surface area contributed by atoms with Crippen LogP contribution in [0.2, 0.25) is 10.0 Å². The van der Waals surface area contributed by atoms with Gasteiger partial charge < -0.3 is 5.32 Å². The van der Waals surface area contributed by atoms with Crippen molar-refractivity contribution in [3.05, 3.63) is 40.3 Å². The Labute approximate surface area is 118 Å². The molecule has 0 fully saturated rings. The van der Waals surface area contributed by atoms with Gasteiger partial charge >= 0.3 is 6.03 Å². The molecule has 0 atom stereocenters. The van der Waals surface area contributed by atoms with E-state index in [1.807, 2.05) is 0 Å². The highest BCUT2D eigenvalue weighted by Gasteiger charge is 2.11. The number of aryl methyl sites for hydroxylation is 1. The summed E-state index contributed by atoms with van der Waals surface area (Å²) in [5, 5.41) is 8.94. The van der Waals surface area contributed by atoms with E-state index in [0.29, 0.717) is 5.82 Å². The van der Waals surface area contributed by atoms with E-state index in [9.17, 15) is 9.18 Å². The van der Waals surface area contributed by atoms with Crippen molar-refractivity contribution >= 4 is 40.7 Å². The van der Waals surface area contributed by atoms with Crippen LogP contribution in [0.5, 0.6) is 0 Å². The van der Waals surface area contributed by atoms with Crippen LogP contribution >= 0.6 is 23.2 Å². The number of rotatable bonds is 2. The summed E-state index contributed by atoms with van der Waals surface area (Å²) in [7, 11) is 1.71. The fraction of sp³-hybridized carbons (Fsp3) is 0.0909. The van der Waals surface area contributed by atoms with Gasteiger partial charge in [0.05, 0.1) is 15.7 Å². The number of carbonyl (C=O) groups excluding carboxylic acids is 1. The van der Waals surface area contributed by atoms with Crippen LogP contribution < -0.4 is 10.6 Å². The van der Waals surface area contributed by atoms with Crippen molar-refractivity contribution in [1.82, 2.24) is 9.78 Å². The molecule has 1 heterocycles. The number of hydrogen-bond donors (Lipinski definition) is 2. The monoisotopic (exact) mass is 302 g/mol. The Kier molecular flexibility index (Phi) is 3.92. The molecule has 0 bridgehead atoms. The molecule has 0 unspecified atom stereocenters. The molecule has 2 rings (SSSR count). The molecule has 8 heteroatoms. The quantitative estimate of drug-likeness (QED) is 0.834. The molecule has 2 aromatic rings. The van der Waals surface area contributed by atoms with Crippen molar-refractivity contribution in [3.63, 3.8) is 0 Å². The van der Waals surface area contributed by atoms with E-state index in [-0.39, 0.29) is 15.7 Å². The first-order chi connectivity index (χ1) is 8.95. The van der Waals surface area contributed by atoms with Gasteiger partial charge in [-0.1, -0.05) is 23.2 Å². The summed E-state index contributed by atoms with van der Waals surface area (Å²) in [6.45, 7) is 0. The van der Waals surface area contributed by atoms with Crippen molar-refractivity contribution in [2.24, 2.45) is 7.05 Å². The minimum atomic E-state index is -0.675. The third-order valence-electron chi connectivity index (χ3n) is 2.21. The maximum atomic E-state index is 13.5. The molecule has 0 saturated carbocycles. The second-order valence-corrected chi connectivity index (χ2v) is 4.51. The molecule has 0 aliphatic rings. The van der Waals surface area contributed by atoms with Gasteiger partial charge in [0.15, 0.2) is 5.82 Å². The first kappa shape index (κ1) is 13.6. The SMILES string of the molecule is Cn1ccc(NC(=O)Nc2cc(Cl)c(Cl)cc2F)n1. The topological polar surface area (TPSA) is 59.0 Å². The van der Waals surface area contributed by atoms with E-state index in [0.717, 1.165) is 6.07 Å². The largest absolute Gasteiger partial charge is 0.324 e. The van der Waals surface area contributed by atoms with E-state index >= 15 is 0 Å². The number of halogens is 3. The Balaban J connectivity index is 2.09. The molecule has 19 heavy (non-hydrogen) atoms. The minimum absolute atomic E-state index is 0.0668. The molecular formula is C11H9Cl2FN4O. The molecule has 0 saturated heterocycles. The average molecular weight is 303 g/mol. The zero-order valence-corrected chi connectivity index (χ0v) is 11.3. The number of nitrogens with zero attached hydrogens (tertiary/aromatic N) is 2. The maximum absolute atomic E-state index is 13.5. The number of anilines is 2. The number of aromatic nitrogens is 2. The average Bonchev–Trinajstić information content (AvgIpc) is 2.71. The van der Waals surface area contributed by atoms with Gasteiger partial charge in [-0.05, 0) is 12.1 Å². The van der Waals surface area contributed by atoms with Crippen LogP contribution in [0.15, 0.2) is 24.4 Å². The first-order valence-corrected chi connectivity index (χ1v) is 5.93. The molecule has 2 amide bonds. The van der Waals surface area contributed by atoms with Crippen LogP contribution in [0.1, 0.15) is 0 Å². The van der Waals surface area contributed by atoms with Gasteiger partial charge in [0.25, 0.3) is 0 Å². The lowest BCUT2D eigenvalue weighted by Gasteiger charge is -2.08. The summed E-state index contributed by atoms with van der Waals surface area (Å²) in [6.07, 6.45) is 1.66. The van der Waals surface area contributed by atoms with Crippen LogP contribution in [0.3, 0.4) is 0 Å². The first-order valence-electron chi connectivity index (χ1n) is 5.18. The Morgan fingerprint density at radius 1 is 1.32 bits per heavy atom. The number of urea groups is 1. The summed E-state index contributed by atoms with van der Waals surface area (Å²) in [6, 6.07) is 3.23. The number of benzene rings is 1. The van der Waals surface area contributed by atoms with E-state index < -0.39 is 11.8 Å². The summed E-state index contributed by atoms with van der Waals surface area (Å²) < 4.78 is 15.1. The molecule has 0 aliphatic heterocycles. The van der Waals surface area contributed by atoms with Crippen molar-refractivity contribution in [2.75, 3.05) is 10.6 Å². The lowest BCUT2D eigenvalue weighted by molar-refractivity contribution is 0.262. The molecule has 2 N–H and O–H groups in total. The summed E-state index contributed by atoms with van der Waals surface area (Å²) >= 11 is 11.4. The Bertz CT molecular complexity index is 629. The molecule has 5 nitrogen and oxygen atoms in total. The highest BCUT2D eigenvalue weighted by Crippen LogP contribution is 2.28. The fourth-order valence-electron chi connectivity index (χ4n) is 1.37. The lowest BCUT2D eigenvalue weighted by Crippen LogP contribution is -2.20. The van der Waals surface area contributed by atoms with Crippen molar-refractivity contribution in [1.29, 1.82) is 0 Å². The second-order valence-electron chi connectivity index (χ2n) is 3.70. The van der Waals surface area contributed by atoms with E-state index in [1.165, 1.54) is 10.7 Å². The second kappa shape index (κ2) is 5.46. The molecule has 0 radical (unpaired) electrons. The van der Waals surface area contributed by atoms with Crippen molar-refractivity contribution < 1.29 is 9.18 Å². The van der Waals surface area contributed by atoms with Crippen LogP contribution in [0.4, 0.5) is 20.7 Å². The maximum Gasteiger partial charge on any atom is 0.324 e. The van der Waals surface area contributed by atoms with Crippen molar-refractivity contribution in [3.8, 4) is 0 Å². The Morgan fingerprint density at radius 3 is 2.63 bits per heavy atom. The van der Waals surface area contributed by atoms with Gasteiger partial charge in [-0.15, -0.1) is 0 Å². The number of nitrogens with one attached hydrogen (secondary N) is 2. The van der Waals surface area contributed by atoms with Crippen LogP contribution in [-0.4, -0.2) is 15.8 Å². The number of hydrogen-bond acceptors (Lipinski definition) is 2. The summed E-state index contributed by atoms with van der Waals surface area (Å²) in [5.41, 5.74) is -0.0668. The van der Waals surface area contributed by atoms with Crippen molar-refractivity contribution in [2.45, 2.75) is 0 Å². The predicted octanol–water partition coefficient (Wildman–Crippen LogP) is 3.51. The van der Waals surface area contributed by atoms with E-state index in [1.54, 1.807) is 19.3 Å². The lowest BCUT2D eigenvalue weighted by atomic mass is 10.3. The molecule has 0 spiro atoms. The Hall–Kier alpha value is -1.79. The smallest absolute Gasteiger partial charge is 0.305 e. The van der Waals surface area contributed by atoms with Gasteiger partial charge in [-0.2, -0.15) is 5.10 Å². The van der Waals surface area contributed by atoms with E-state index in [2.05, 4.69) is 15.7 Å². The number of carbonyl (C=O) groups is 1. The molecule has 100 valence electrons. The molecule has 1 aromatic heterocycles. The van der Waals surface area contributed by atoms with Crippen LogP contribution in [0, 0.1) is 5.82 Å². The van der Waals surface area contributed by atoms with E-state index in [4.69, 9.17) is 23.2 Å². The van der Waals surface area contributed by atoms with Crippen LogP contribution in [-0.2, 0) is 7.05 Å². The van der Waals surface area contributed by atoms with Gasteiger partial charge in [-0.25, -0.2) is 9.18 Å². The van der Waals surface area contributed by atoms with Gasteiger partial charge in [0, 0.05) is 19.3 Å². The Morgan fingerprint density at radius 2 is 2.00 bits per heavy atom. The van der Waals surface area contributed by atoms with Crippen LogP contribution in [0.25, 0.3) is 0 Å². The van der Waals surface area contributed by atoms with Gasteiger partial charge in [-0.3, -0.25) is 10.00 Å². The van der Waals surface area contributed by atoms with Gasteiger partial charge in [0.1, 0.15) is 5.82 Å². The zero-order valence-electron chi connectivity index (χ0n) is 9.75. The third-order valence-corrected chi connectivity index (χ3v) is 2.94. The zero-order chi connectivity index (χ0) is 14.0. The normalized spacial score (nSPS) is 10.3. The fourth-order valence-corrected chi connectivity index (χ4v) is 1.68. The highest BCUT2D eigenvalue weighted by molar-refractivity contribution is 6.42. The van der Waals surface area contributed by atoms with Gasteiger partial charge in [0.2, 0.25) is 0 Å². The summed E-state index contributed by atoms with van der Waals surface area (Å²) in [4.78, 5) is 11.6. The minimum Gasteiger partial charge on any atom is -0.305 e. The third kappa shape index (κ3) is 3.36. The molecular weight excluding hydrogens is 294 g/mol. The highest BCUT2D eigenvalue weighted by atomic mass is 35.5. The summed E-state index contributed by atoms with van der Waals surface area (Å²) in [5.74, 6) is -0.328. The molecule has 0 aliphatic carbocycles. The predicted molar refractivity (Wildman–Crippen MR) is 72.3 cm³/mol. The standard InChI is InChI=1S/C11H9Cl2FN4O/c1-18-3-2-10(17-18)16-11(19)15-9-5-7(13)6(12)4-8(9)14/h2-5H,1H3,(H2,15,16,17,19).